The summed E-state index contributed by atoms with van der Waals surface area (Å²) in [7, 11) is -1.59. The molecule has 1 saturated carbocycles. The fourth-order valence-corrected chi connectivity index (χ4v) is 5.46. The summed E-state index contributed by atoms with van der Waals surface area (Å²) in [6.07, 6.45) is 5.49. The van der Waals surface area contributed by atoms with E-state index < -0.39 is 10.2 Å². The summed E-state index contributed by atoms with van der Waals surface area (Å²) in [5.41, 5.74) is 7.78. The largest absolute Gasteiger partial charge is 0.399 e. The Balaban J connectivity index is 0.00000243. The molecule has 148 valence electrons. The van der Waals surface area contributed by atoms with Crippen LogP contribution in [-0.4, -0.2) is 61.2 Å². The van der Waals surface area contributed by atoms with Gasteiger partial charge in [-0.1, -0.05) is 31.4 Å². The highest BCUT2D eigenvalue weighted by Gasteiger charge is 2.34. The average Bonchev–Trinajstić information content (AvgIpc) is 2.62. The Labute approximate surface area is 163 Å². The Hall–Kier alpha value is -0.860. The van der Waals surface area contributed by atoms with E-state index in [0.717, 1.165) is 51.0 Å². The van der Waals surface area contributed by atoms with Crippen LogP contribution in [0.3, 0.4) is 0 Å². The van der Waals surface area contributed by atoms with Gasteiger partial charge in [0.2, 0.25) is 0 Å². The van der Waals surface area contributed by atoms with E-state index in [9.17, 15) is 8.42 Å². The van der Waals surface area contributed by atoms with Crippen LogP contribution in [0.2, 0.25) is 0 Å². The molecule has 1 aromatic rings. The fraction of sp³-hybridized carbons (Fsp3) is 0.667. The first-order chi connectivity index (χ1) is 12.0. The molecular weight excluding hydrogens is 372 g/mol. The van der Waals surface area contributed by atoms with Crippen LogP contribution >= 0.6 is 12.4 Å². The van der Waals surface area contributed by atoms with Crippen molar-refractivity contribution in [1.82, 2.24) is 13.5 Å². The summed E-state index contributed by atoms with van der Waals surface area (Å²) in [5, 5.41) is 0. The van der Waals surface area contributed by atoms with Gasteiger partial charge in [-0.05, 0) is 30.5 Å². The number of rotatable bonds is 5. The second-order valence-electron chi connectivity index (χ2n) is 7.24. The second kappa shape index (κ2) is 9.37. The number of nitrogens with two attached hydrogens (primary N) is 1. The highest BCUT2D eigenvalue weighted by Crippen LogP contribution is 2.25. The number of halogens is 1. The lowest BCUT2D eigenvalue weighted by Gasteiger charge is -2.38. The minimum absolute atomic E-state index is 0. The molecule has 3 rings (SSSR count). The van der Waals surface area contributed by atoms with Crippen molar-refractivity contribution in [2.75, 3.05) is 39.0 Å². The maximum Gasteiger partial charge on any atom is 0.282 e. The summed E-state index contributed by atoms with van der Waals surface area (Å²) in [6, 6.07) is 8.07. The number of piperazine rings is 1. The third-order valence-corrected chi connectivity index (χ3v) is 7.51. The number of anilines is 1. The van der Waals surface area contributed by atoms with Gasteiger partial charge in [-0.25, -0.2) is 0 Å². The van der Waals surface area contributed by atoms with Gasteiger partial charge in [-0.2, -0.15) is 17.0 Å². The molecule has 2 fully saturated rings. The van der Waals surface area contributed by atoms with E-state index in [0.29, 0.717) is 13.1 Å². The molecule has 8 heteroatoms. The van der Waals surface area contributed by atoms with Crippen LogP contribution < -0.4 is 5.73 Å². The zero-order chi connectivity index (χ0) is 17.9. The Bertz CT molecular complexity index is 672. The van der Waals surface area contributed by atoms with E-state index in [-0.39, 0.29) is 18.4 Å². The first-order valence-electron chi connectivity index (χ1n) is 9.27. The molecular formula is C18H31ClN4O2S. The van der Waals surface area contributed by atoms with Crippen molar-refractivity contribution >= 4 is 28.3 Å². The van der Waals surface area contributed by atoms with E-state index in [1.807, 2.05) is 18.2 Å². The van der Waals surface area contributed by atoms with Gasteiger partial charge in [0.05, 0.1) is 0 Å². The molecule has 0 aromatic heterocycles. The Morgan fingerprint density at radius 1 is 1.12 bits per heavy atom. The summed E-state index contributed by atoms with van der Waals surface area (Å²) < 4.78 is 29.1. The van der Waals surface area contributed by atoms with Crippen LogP contribution in [0.25, 0.3) is 0 Å². The van der Waals surface area contributed by atoms with Gasteiger partial charge in [0.1, 0.15) is 0 Å². The molecule has 26 heavy (non-hydrogen) atoms. The Morgan fingerprint density at radius 2 is 1.77 bits per heavy atom. The van der Waals surface area contributed by atoms with E-state index in [1.54, 1.807) is 15.7 Å². The molecule has 6 nitrogen and oxygen atoms in total. The number of hydrogen-bond acceptors (Lipinski definition) is 4. The highest BCUT2D eigenvalue weighted by molar-refractivity contribution is 7.86. The average molecular weight is 403 g/mol. The third-order valence-electron chi connectivity index (χ3n) is 5.47. The smallest absolute Gasteiger partial charge is 0.282 e. The summed E-state index contributed by atoms with van der Waals surface area (Å²) >= 11 is 0. The van der Waals surface area contributed by atoms with Crippen molar-refractivity contribution in [2.45, 2.75) is 44.7 Å². The topological polar surface area (TPSA) is 69.9 Å². The zero-order valence-electron chi connectivity index (χ0n) is 15.5. The van der Waals surface area contributed by atoms with Crippen LogP contribution in [-0.2, 0) is 16.8 Å². The normalized spacial score (nSPS) is 20.8. The molecule has 0 atom stereocenters. The van der Waals surface area contributed by atoms with Gasteiger partial charge in [0.15, 0.2) is 0 Å². The van der Waals surface area contributed by atoms with Crippen LogP contribution in [0, 0.1) is 0 Å². The van der Waals surface area contributed by atoms with Gasteiger partial charge in [-0.15, -0.1) is 12.4 Å². The van der Waals surface area contributed by atoms with Crippen molar-refractivity contribution < 1.29 is 8.42 Å². The minimum atomic E-state index is -3.34. The molecule has 0 spiro atoms. The van der Waals surface area contributed by atoms with E-state index in [4.69, 9.17) is 5.73 Å². The van der Waals surface area contributed by atoms with Gasteiger partial charge in [0.25, 0.3) is 10.2 Å². The standard InChI is InChI=1S/C18H30N4O2S.ClH/c1-20(18-8-3-2-4-9-18)25(23,24)22-12-10-21(11-13-22)15-16-6-5-7-17(19)14-16;/h5-7,14,18H,2-4,8-13,15,19H2,1H3;1H. The van der Waals surface area contributed by atoms with Crippen molar-refractivity contribution in [2.24, 2.45) is 0 Å². The molecule has 1 aliphatic carbocycles. The van der Waals surface area contributed by atoms with Crippen LogP contribution in [0.15, 0.2) is 24.3 Å². The summed E-state index contributed by atoms with van der Waals surface area (Å²) in [5.74, 6) is 0. The molecule has 1 aromatic carbocycles. The molecule has 1 aliphatic heterocycles. The van der Waals surface area contributed by atoms with Crippen molar-refractivity contribution in [3.05, 3.63) is 29.8 Å². The van der Waals surface area contributed by atoms with Crippen LogP contribution in [0.5, 0.6) is 0 Å². The summed E-state index contributed by atoms with van der Waals surface area (Å²) in [4.78, 5) is 2.29. The molecule has 0 unspecified atom stereocenters. The monoisotopic (exact) mass is 402 g/mol. The fourth-order valence-electron chi connectivity index (χ4n) is 3.88. The lowest BCUT2D eigenvalue weighted by Crippen LogP contribution is -2.54. The van der Waals surface area contributed by atoms with Crippen LogP contribution in [0.1, 0.15) is 37.7 Å². The molecule has 0 bridgehead atoms. The quantitative estimate of drug-likeness (QED) is 0.767. The number of nitrogens with zero attached hydrogens (tertiary/aromatic N) is 3. The minimum Gasteiger partial charge on any atom is -0.399 e. The second-order valence-corrected chi connectivity index (χ2v) is 9.22. The van der Waals surface area contributed by atoms with Crippen molar-refractivity contribution in [1.29, 1.82) is 0 Å². The number of benzene rings is 1. The van der Waals surface area contributed by atoms with Gasteiger partial charge in [0, 0.05) is 51.5 Å². The van der Waals surface area contributed by atoms with Gasteiger partial charge < -0.3 is 5.73 Å². The Morgan fingerprint density at radius 3 is 2.38 bits per heavy atom. The van der Waals surface area contributed by atoms with E-state index in [1.165, 1.54) is 12.0 Å². The lowest BCUT2D eigenvalue weighted by atomic mass is 9.96. The summed E-state index contributed by atoms with van der Waals surface area (Å²) in [6.45, 7) is 3.44. The van der Waals surface area contributed by atoms with Gasteiger partial charge >= 0.3 is 0 Å². The molecule has 0 radical (unpaired) electrons. The predicted octanol–water partition coefficient (Wildman–Crippen LogP) is 2.32. The maximum atomic E-state index is 12.9. The Kier molecular flexibility index (Phi) is 7.73. The van der Waals surface area contributed by atoms with E-state index in [2.05, 4.69) is 11.0 Å². The highest BCUT2D eigenvalue weighted by atomic mass is 35.5. The maximum absolute atomic E-state index is 12.9. The predicted molar refractivity (Wildman–Crippen MR) is 109 cm³/mol. The molecule has 1 heterocycles. The molecule has 2 N–H and O–H groups in total. The lowest BCUT2D eigenvalue weighted by molar-refractivity contribution is 0.170. The molecule has 0 amide bonds. The number of nitrogen functional groups attached to an aromatic ring is 1. The third kappa shape index (κ3) is 5.10. The molecule has 1 saturated heterocycles. The van der Waals surface area contributed by atoms with Crippen molar-refractivity contribution in [3.8, 4) is 0 Å². The number of hydrogen-bond donors (Lipinski definition) is 1. The molecule has 2 aliphatic rings. The SMILES string of the molecule is CN(C1CCCCC1)S(=O)(=O)N1CCN(Cc2cccc(N)c2)CC1.Cl. The van der Waals surface area contributed by atoms with Crippen molar-refractivity contribution in [3.63, 3.8) is 0 Å². The van der Waals surface area contributed by atoms with Crippen LogP contribution in [0.4, 0.5) is 5.69 Å². The first kappa shape index (κ1) is 21.4. The van der Waals surface area contributed by atoms with Gasteiger partial charge in [-0.3, -0.25) is 4.90 Å². The van der Waals surface area contributed by atoms with E-state index >= 15 is 0 Å². The first-order valence-corrected chi connectivity index (χ1v) is 10.7. The zero-order valence-corrected chi connectivity index (χ0v) is 17.1.